The van der Waals surface area contributed by atoms with Crippen LogP contribution < -0.4 is 0 Å². The van der Waals surface area contributed by atoms with Crippen LogP contribution in [0.3, 0.4) is 0 Å². The van der Waals surface area contributed by atoms with Crippen molar-refractivity contribution >= 4 is 0 Å². The predicted octanol–water partition coefficient (Wildman–Crippen LogP) is 1.61. The van der Waals surface area contributed by atoms with E-state index in [1.807, 2.05) is 0 Å². The van der Waals surface area contributed by atoms with Crippen molar-refractivity contribution in [3.63, 3.8) is 0 Å². The van der Waals surface area contributed by atoms with Gasteiger partial charge in [0, 0.05) is 12.8 Å². The SMILES string of the molecule is CCCOC[N+]1(C)CCCC1. The third-order valence-corrected chi connectivity index (χ3v) is 2.40. The summed E-state index contributed by atoms with van der Waals surface area (Å²) in [6.07, 6.45) is 3.90. The molecule has 2 nitrogen and oxygen atoms in total. The number of hydrogen-bond donors (Lipinski definition) is 0. The number of quaternary nitrogens is 1. The summed E-state index contributed by atoms with van der Waals surface area (Å²) in [5.74, 6) is 0. The van der Waals surface area contributed by atoms with E-state index in [2.05, 4.69) is 14.0 Å². The molecule has 0 amide bonds. The summed E-state index contributed by atoms with van der Waals surface area (Å²) in [5.41, 5.74) is 0. The molecule has 0 radical (unpaired) electrons. The summed E-state index contributed by atoms with van der Waals surface area (Å²) in [7, 11) is 2.29. The molecule has 0 aromatic rings. The molecule has 0 bridgehead atoms. The summed E-state index contributed by atoms with van der Waals surface area (Å²) < 4.78 is 6.68. The molecule has 0 atom stereocenters. The van der Waals surface area contributed by atoms with Crippen LogP contribution in [0.2, 0.25) is 0 Å². The zero-order valence-electron chi connectivity index (χ0n) is 7.81. The van der Waals surface area contributed by atoms with Gasteiger partial charge in [-0.15, -0.1) is 0 Å². The second-order valence-corrected chi connectivity index (χ2v) is 3.81. The van der Waals surface area contributed by atoms with E-state index >= 15 is 0 Å². The van der Waals surface area contributed by atoms with Gasteiger partial charge in [0.25, 0.3) is 0 Å². The first-order valence-corrected chi connectivity index (χ1v) is 4.68. The lowest BCUT2D eigenvalue weighted by molar-refractivity contribution is -0.916. The van der Waals surface area contributed by atoms with E-state index in [0.29, 0.717) is 0 Å². The normalized spacial score (nSPS) is 22.4. The topological polar surface area (TPSA) is 9.23 Å². The molecule has 1 aliphatic heterocycles. The smallest absolute Gasteiger partial charge is 0.182 e. The Labute approximate surface area is 69.7 Å². The van der Waals surface area contributed by atoms with Crippen molar-refractivity contribution in [3.8, 4) is 0 Å². The van der Waals surface area contributed by atoms with Gasteiger partial charge in [0.05, 0.1) is 26.7 Å². The van der Waals surface area contributed by atoms with Crippen LogP contribution in [-0.4, -0.2) is 38.0 Å². The van der Waals surface area contributed by atoms with E-state index in [1.54, 1.807) is 0 Å². The zero-order chi connectivity index (χ0) is 8.16. The molecule has 2 heteroatoms. The molecule has 1 saturated heterocycles. The van der Waals surface area contributed by atoms with Gasteiger partial charge in [0.1, 0.15) is 0 Å². The molecule has 0 spiro atoms. The van der Waals surface area contributed by atoms with E-state index in [-0.39, 0.29) is 0 Å². The number of rotatable bonds is 4. The highest BCUT2D eigenvalue weighted by molar-refractivity contribution is 4.48. The lowest BCUT2D eigenvalue weighted by atomic mass is 10.4. The molecule has 66 valence electrons. The lowest BCUT2D eigenvalue weighted by Crippen LogP contribution is -2.42. The van der Waals surface area contributed by atoms with Gasteiger partial charge in [-0.1, -0.05) is 6.92 Å². The zero-order valence-corrected chi connectivity index (χ0v) is 7.81. The monoisotopic (exact) mass is 158 g/mol. The Kier molecular flexibility index (Phi) is 3.34. The maximum atomic E-state index is 5.54. The van der Waals surface area contributed by atoms with Gasteiger partial charge in [0.15, 0.2) is 6.73 Å². The van der Waals surface area contributed by atoms with E-state index in [0.717, 1.165) is 24.2 Å². The van der Waals surface area contributed by atoms with Gasteiger partial charge in [-0.3, -0.25) is 0 Å². The number of hydrogen-bond acceptors (Lipinski definition) is 1. The predicted molar refractivity (Wildman–Crippen MR) is 46.3 cm³/mol. The van der Waals surface area contributed by atoms with Crippen molar-refractivity contribution in [1.82, 2.24) is 0 Å². The Hall–Kier alpha value is -0.0800. The molecule has 1 fully saturated rings. The van der Waals surface area contributed by atoms with Crippen molar-refractivity contribution in [2.75, 3.05) is 33.5 Å². The fourth-order valence-corrected chi connectivity index (χ4v) is 1.66. The van der Waals surface area contributed by atoms with E-state index in [1.165, 1.54) is 25.9 Å². The Morgan fingerprint density at radius 2 is 1.91 bits per heavy atom. The number of likely N-dealkylation sites (tertiary alicyclic amines) is 1. The summed E-state index contributed by atoms with van der Waals surface area (Å²) in [4.78, 5) is 0. The molecule has 0 N–H and O–H groups in total. The summed E-state index contributed by atoms with van der Waals surface area (Å²) in [6.45, 7) is 6.62. The fraction of sp³-hybridized carbons (Fsp3) is 1.00. The first kappa shape index (κ1) is 9.01. The highest BCUT2D eigenvalue weighted by Crippen LogP contribution is 2.15. The molecule has 11 heavy (non-hydrogen) atoms. The quantitative estimate of drug-likeness (QED) is 0.446. The van der Waals surface area contributed by atoms with E-state index in [4.69, 9.17) is 4.74 Å². The molecular formula is C9H20NO+. The summed E-state index contributed by atoms with van der Waals surface area (Å²) in [5, 5.41) is 0. The molecule has 0 aliphatic carbocycles. The van der Waals surface area contributed by atoms with Crippen LogP contribution in [0.25, 0.3) is 0 Å². The minimum atomic E-state index is 0.924. The number of ether oxygens (including phenoxy) is 1. The van der Waals surface area contributed by atoms with Gasteiger partial charge < -0.3 is 9.22 Å². The molecule has 0 saturated carbocycles. The van der Waals surface area contributed by atoms with Gasteiger partial charge in [-0.2, -0.15) is 0 Å². The van der Waals surface area contributed by atoms with Crippen LogP contribution in [0.5, 0.6) is 0 Å². The minimum absolute atomic E-state index is 0.924. The Bertz CT molecular complexity index is 108. The van der Waals surface area contributed by atoms with Crippen molar-refractivity contribution in [3.05, 3.63) is 0 Å². The van der Waals surface area contributed by atoms with Crippen molar-refractivity contribution < 1.29 is 9.22 Å². The van der Waals surface area contributed by atoms with Crippen molar-refractivity contribution in [2.45, 2.75) is 26.2 Å². The first-order valence-electron chi connectivity index (χ1n) is 4.68. The average molecular weight is 158 g/mol. The van der Waals surface area contributed by atoms with Crippen molar-refractivity contribution in [1.29, 1.82) is 0 Å². The molecule has 1 heterocycles. The van der Waals surface area contributed by atoms with Crippen LogP contribution in [0.4, 0.5) is 0 Å². The van der Waals surface area contributed by atoms with Crippen LogP contribution in [0.15, 0.2) is 0 Å². The van der Waals surface area contributed by atoms with Gasteiger partial charge in [-0.05, 0) is 6.42 Å². The molecular weight excluding hydrogens is 138 g/mol. The van der Waals surface area contributed by atoms with Crippen LogP contribution in [-0.2, 0) is 4.74 Å². The highest BCUT2D eigenvalue weighted by atomic mass is 16.5. The second kappa shape index (κ2) is 4.07. The van der Waals surface area contributed by atoms with Gasteiger partial charge in [0.2, 0.25) is 0 Å². The first-order chi connectivity index (χ1) is 5.27. The highest BCUT2D eigenvalue weighted by Gasteiger charge is 2.26. The Balaban J connectivity index is 2.13. The third-order valence-electron chi connectivity index (χ3n) is 2.40. The fourth-order valence-electron chi connectivity index (χ4n) is 1.66. The molecule has 0 unspecified atom stereocenters. The maximum absolute atomic E-state index is 5.54. The van der Waals surface area contributed by atoms with Crippen LogP contribution in [0, 0.1) is 0 Å². The molecule has 1 rings (SSSR count). The number of nitrogens with zero attached hydrogens (tertiary/aromatic N) is 1. The molecule has 0 aromatic heterocycles. The third kappa shape index (κ3) is 2.80. The van der Waals surface area contributed by atoms with Gasteiger partial charge >= 0.3 is 0 Å². The largest absolute Gasteiger partial charge is 0.332 e. The second-order valence-electron chi connectivity index (χ2n) is 3.81. The summed E-state index contributed by atoms with van der Waals surface area (Å²) >= 11 is 0. The minimum Gasteiger partial charge on any atom is -0.332 e. The van der Waals surface area contributed by atoms with E-state index < -0.39 is 0 Å². The Morgan fingerprint density at radius 1 is 1.27 bits per heavy atom. The average Bonchev–Trinajstić information content (AvgIpc) is 2.38. The van der Waals surface area contributed by atoms with Crippen molar-refractivity contribution in [2.24, 2.45) is 0 Å². The molecule has 0 aromatic carbocycles. The Morgan fingerprint density at radius 3 is 2.45 bits per heavy atom. The van der Waals surface area contributed by atoms with Gasteiger partial charge in [-0.25, -0.2) is 0 Å². The van der Waals surface area contributed by atoms with Crippen LogP contribution in [0.1, 0.15) is 26.2 Å². The molecule has 1 aliphatic rings. The van der Waals surface area contributed by atoms with E-state index in [9.17, 15) is 0 Å². The summed E-state index contributed by atoms with van der Waals surface area (Å²) in [6, 6.07) is 0. The standard InChI is InChI=1S/C9H20NO/c1-3-8-11-9-10(2)6-4-5-7-10/h3-9H2,1-2H3/q+1. The maximum Gasteiger partial charge on any atom is 0.182 e. The van der Waals surface area contributed by atoms with Crippen LogP contribution >= 0.6 is 0 Å². The lowest BCUT2D eigenvalue weighted by Gasteiger charge is -2.28.